The van der Waals surface area contributed by atoms with Crippen LogP contribution in [0.5, 0.6) is 5.75 Å². The summed E-state index contributed by atoms with van der Waals surface area (Å²) >= 11 is 0. The van der Waals surface area contributed by atoms with E-state index in [0.717, 1.165) is 45.8 Å². The number of rotatable bonds is 6. The van der Waals surface area contributed by atoms with Crippen LogP contribution in [0.15, 0.2) is 48.5 Å². The van der Waals surface area contributed by atoms with Crippen molar-refractivity contribution in [3.63, 3.8) is 0 Å². The molecule has 1 N–H and O–H groups in total. The Balaban J connectivity index is 1.77. The highest BCUT2D eigenvalue weighted by Crippen LogP contribution is 2.29. The van der Waals surface area contributed by atoms with E-state index in [1.807, 2.05) is 31.3 Å². The molecule has 148 valence electrons. The molecule has 0 fully saturated rings. The number of hydrogen-bond donors (Lipinski definition) is 1. The molecule has 0 aliphatic carbocycles. The zero-order valence-electron chi connectivity index (χ0n) is 16.6. The fourth-order valence-electron chi connectivity index (χ4n) is 3.26. The molecule has 2 heterocycles. The number of nitrogens with one attached hydrogen (secondary N) is 1. The normalized spacial score (nSPS) is 11.0. The van der Waals surface area contributed by atoms with Gasteiger partial charge >= 0.3 is 0 Å². The molecule has 2 aromatic carbocycles. The molecule has 4 rings (SSSR count). The van der Waals surface area contributed by atoms with Crippen LogP contribution in [0, 0.1) is 5.82 Å². The molecular weight excluding hydrogens is 369 g/mol. The second-order valence-electron chi connectivity index (χ2n) is 6.73. The molecule has 0 radical (unpaired) electrons. The highest BCUT2D eigenvalue weighted by atomic mass is 19.1. The molecule has 4 aromatic rings. The van der Waals surface area contributed by atoms with Gasteiger partial charge in [0.05, 0.1) is 18.2 Å². The Morgan fingerprint density at radius 1 is 1.03 bits per heavy atom. The number of fused-ring (bicyclic) bond motifs is 1. The zero-order chi connectivity index (χ0) is 20.4. The topological polar surface area (TPSA) is 64.9 Å². The van der Waals surface area contributed by atoms with Crippen LogP contribution in [-0.4, -0.2) is 26.9 Å². The first-order chi connectivity index (χ1) is 14.1. The van der Waals surface area contributed by atoms with Crippen LogP contribution >= 0.6 is 0 Å². The lowest BCUT2D eigenvalue weighted by Crippen LogP contribution is -2.05. The van der Waals surface area contributed by atoms with Crippen molar-refractivity contribution < 1.29 is 9.13 Å². The van der Waals surface area contributed by atoms with Crippen molar-refractivity contribution in [2.24, 2.45) is 7.05 Å². The average Bonchev–Trinajstić information content (AvgIpc) is 3.09. The number of ether oxygens (including phenoxy) is 1. The quantitative estimate of drug-likeness (QED) is 0.529. The molecule has 6 nitrogen and oxygen atoms in total. The maximum atomic E-state index is 13.2. The van der Waals surface area contributed by atoms with Gasteiger partial charge in [0.1, 0.15) is 17.4 Å². The molecule has 7 heteroatoms. The largest absolute Gasteiger partial charge is 0.497 e. The summed E-state index contributed by atoms with van der Waals surface area (Å²) in [6, 6.07) is 14.1. The molecule has 0 unspecified atom stereocenters. The number of methoxy groups -OCH3 is 1. The monoisotopic (exact) mass is 391 g/mol. The van der Waals surface area contributed by atoms with Crippen molar-refractivity contribution in [2.45, 2.75) is 19.9 Å². The third kappa shape index (κ3) is 3.76. The smallest absolute Gasteiger partial charge is 0.164 e. The lowest BCUT2D eigenvalue weighted by Gasteiger charge is -2.10. The van der Waals surface area contributed by atoms with E-state index in [1.165, 1.54) is 12.1 Å². The second-order valence-corrected chi connectivity index (χ2v) is 6.73. The standard InChI is InChI=1S/C22H22FN5O/c1-4-18-19-21(24-13-14-5-9-16(23)10-6-14)25-20(26-22(19)28(2)27-18)15-7-11-17(29-3)12-8-15/h5-12H,4,13H2,1-3H3,(H,24,25,26). The maximum Gasteiger partial charge on any atom is 0.164 e. The number of nitrogens with zero attached hydrogens (tertiary/aromatic N) is 4. The first kappa shape index (κ1) is 18.9. The summed E-state index contributed by atoms with van der Waals surface area (Å²) in [4.78, 5) is 9.55. The lowest BCUT2D eigenvalue weighted by atomic mass is 10.1. The van der Waals surface area contributed by atoms with Gasteiger partial charge in [-0.05, 0) is 48.4 Å². The van der Waals surface area contributed by atoms with Gasteiger partial charge in [-0.3, -0.25) is 0 Å². The van der Waals surface area contributed by atoms with E-state index in [1.54, 1.807) is 23.9 Å². The fourth-order valence-corrected chi connectivity index (χ4v) is 3.26. The van der Waals surface area contributed by atoms with E-state index < -0.39 is 0 Å². The summed E-state index contributed by atoms with van der Waals surface area (Å²) in [7, 11) is 3.52. The van der Waals surface area contributed by atoms with Crippen molar-refractivity contribution in [2.75, 3.05) is 12.4 Å². The van der Waals surface area contributed by atoms with E-state index in [9.17, 15) is 4.39 Å². The van der Waals surface area contributed by atoms with Crippen LogP contribution in [0.3, 0.4) is 0 Å². The molecule has 0 aliphatic heterocycles. The predicted octanol–water partition coefficient (Wildman–Crippen LogP) is 4.35. The zero-order valence-corrected chi connectivity index (χ0v) is 16.6. The fraction of sp³-hybridized carbons (Fsp3) is 0.227. The van der Waals surface area contributed by atoms with Gasteiger partial charge < -0.3 is 10.1 Å². The molecular formula is C22H22FN5O. The van der Waals surface area contributed by atoms with Crippen molar-refractivity contribution in [1.29, 1.82) is 0 Å². The number of benzene rings is 2. The average molecular weight is 391 g/mol. The molecule has 0 saturated carbocycles. The van der Waals surface area contributed by atoms with Gasteiger partial charge in [-0.1, -0.05) is 19.1 Å². The third-order valence-electron chi connectivity index (χ3n) is 4.81. The van der Waals surface area contributed by atoms with Crippen LogP contribution < -0.4 is 10.1 Å². The Labute approximate surface area is 168 Å². The highest BCUT2D eigenvalue weighted by molar-refractivity contribution is 5.91. The van der Waals surface area contributed by atoms with Crippen LogP contribution in [0.2, 0.25) is 0 Å². The summed E-state index contributed by atoms with van der Waals surface area (Å²) in [5.41, 5.74) is 3.55. The predicted molar refractivity (Wildman–Crippen MR) is 111 cm³/mol. The molecule has 2 aromatic heterocycles. The number of anilines is 1. The van der Waals surface area contributed by atoms with Gasteiger partial charge in [0.2, 0.25) is 0 Å². The minimum atomic E-state index is -0.250. The van der Waals surface area contributed by atoms with Gasteiger partial charge in [0.25, 0.3) is 0 Å². The SMILES string of the molecule is CCc1nn(C)c2nc(-c3ccc(OC)cc3)nc(NCc3ccc(F)cc3)c12. The van der Waals surface area contributed by atoms with Crippen molar-refractivity contribution >= 4 is 16.9 Å². The summed E-state index contributed by atoms with van der Waals surface area (Å²) in [5, 5.41) is 8.91. The van der Waals surface area contributed by atoms with Gasteiger partial charge in [-0.2, -0.15) is 5.10 Å². The van der Waals surface area contributed by atoms with Gasteiger partial charge in [0, 0.05) is 19.2 Å². The number of hydrogen-bond acceptors (Lipinski definition) is 5. The molecule has 0 amide bonds. The third-order valence-corrected chi connectivity index (χ3v) is 4.81. The van der Waals surface area contributed by atoms with Gasteiger partial charge in [0.15, 0.2) is 11.5 Å². The molecule has 0 spiro atoms. The minimum absolute atomic E-state index is 0.250. The Hall–Kier alpha value is -3.48. The summed E-state index contributed by atoms with van der Waals surface area (Å²) in [5.74, 6) is 1.85. The first-order valence-corrected chi connectivity index (χ1v) is 9.45. The Morgan fingerprint density at radius 3 is 2.41 bits per heavy atom. The lowest BCUT2D eigenvalue weighted by molar-refractivity contribution is 0.415. The Bertz CT molecular complexity index is 1140. The minimum Gasteiger partial charge on any atom is -0.497 e. The summed E-state index contributed by atoms with van der Waals surface area (Å²) in [6.07, 6.45) is 0.772. The number of halogens is 1. The van der Waals surface area contributed by atoms with Crippen molar-refractivity contribution in [3.8, 4) is 17.1 Å². The Morgan fingerprint density at radius 2 is 1.76 bits per heavy atom. The maximum absolute atomic E-state index is 13.2. The van der Waals surface area contributed by atoms with E-state index >= 15 is 0 Å². The highest BCUT2D eigenvalue weighted by Gasteiger charge is 2.17. The van der Waals surface area contributed by atoms with Crippen LogP contribution in [0.1, 0.15) is 18.2 Å². The van der Waals surface area contributed by atoms with E-state index in [2.05, 4.69) is 17.3 Å². The summed E-state index contributed by atoms with van der Waals surface area (Å²) in [6.45, 7) is 2.58. The van der Waals surface area contributed by atoms with Crippen LogP contribution in [0.4, 0.5) is 10.2 Å². The first-order valence-electron chi connectivity index (χ1n) is 9.45. The van der Waals surface area contributed by atoms with E-state index in [0.29, 0.717) is 12.4 Å². The molecule has 0 saturated heterocycles. The number of aromatic nitrogens is 4. The van der Waals surface area contributed by atoms with E-state index in [-0.39, 0.29) is 5.82 Å². The molecule has 0 atom stereocenters. The van der Waals surface area contributed by atoms with E-state index in [4.69, 9.17) is 14.7 Å². The van der Waals surface area contributed by atoms with Crippen LogP contribution in [-0.2, 0) is 20.0 Å². The van der Waals surface area contributed by atoms with Gasteiger partial charge in [-0.25, -0.2) is 19.0 Å². The molecule has 0 bridgehead atoms. The number of aryl methyl sites for hydroxylation is 2. The Kier molecular flexibility index (Phi) is 5.12. The second kappa shape index (κ2) is 7.87. The molecule has 0 aliphatic rings. The summed E-state index contributed by atoms with van der Waals surface area (Å²) < 4.78 is 20.2. The van der Waals surface area contributed by atoms with Crippen molar-refractivity contribution in [1.82, 2.24) is 19.7 Å². The van der Waals surface area contributed by atoms with Crippen molar-refractivity contribution in [3.05, 3.63) is 65.6 Å². The molecule has 29 heavy (non-hydrogen) atoms. The van der Waals surface area contributed by atoms with Crippen LogP contribution in [0.25, 0.3) is 22.4 Å². The van der Waals surface area contributed by atoms with Gasteiger partial charge in [-0.15, -0.1) is 0 Å².